The van der Waals surface area contributed by atoms with E-state index in [4.69, 9.17) is 26.9 Å². The minimum Gasteiger partial charge on any atom is -0.490 e. The summed E-state index contributed by atoms with van der Waals surface area (Å²) in [6.07, 6.45) is 0. The molecule has 7 nitrogen and oxygen atoms in total. The molecule has 9 heteroatoms. The Labute approximate surface area is 166 Å². The fraction of sp³-hybridized carbons (Fsp3) is 0.368. The van der Waals surface area contributed by atoms with Crippen molar-refractivity contribution in [3.05, 3.63) is 51.8 Å². The van der Waals surface area contributed by atoms with Gasteiger partial charge in [0.1, 0.15) is 24.0 Å². The number of hydrogen-bond acceptors (Lipinski definition) is 6. The zero-order valence-electron chi connectivity index (χ0n) is 15.5. The van der Waals surface area contributed by atoms with E-state index in [9.17, 15) is 9.18 Å². The average molecular weight is 407 g/mol. The van der Waals surface area contributed by atoms with Gasteiger partial charge in [0, 0.05) is 18.3 Å². The predicted molar refractivity (Wildman–Crippen MR) is 102 cm³/mol. The lowest BCUT2D eigenvalue weighted by Crippen LogP contribution is -2.29. The highest BCUT2D eigenvalue weighted by molar-refractivity contribution is 6.31. The molecule has 2 N–H and O–H groups in total. The molecule has 1 unspecified atom stereocenters. The number of amides is 1. The van der Waals surface area contributed by atoms with Crippen molar-refractivity contribution in [1.29, 1.82) is 5.41 Å². The lowest BCUT2D eigenvalue weighted by Gasteiger charge is -2.18. The normalized spacial score (nSPS) is 16.5. The maximum atomic E-state index is 13.5. The Morgan fingerprint density at radius 1 is 1.39 bits per heavy atom. The molecule has 148 valence electrons. The largest absolute Gasteiger partial charge is 0.490 e. The highest BCUT2D eigenvalue weighted by Gasteiger charge is 2.35. The Morgan fingerprint density at radius 2 is 2.07 bits per heavy atom. The summed E-state index contributed by atoms with van der Waals surface area (Å²) in [6, 6.07) is 3.62. The second kappa shape index (κ2) is 8.20. The molecule has 1 fully saturated rings. The maximum Gasteiger partial charge on any atom is 0.257 e. The first kappa shape index (κ1) is 20.2. The summed E-state index contributed by atoms with van der Waals surface area (Å²) in [7, 11) is 0. The third kappa shape index (κ3) is 3.98. The minimum absolute atomic E-state index is 0.0562. The number of nitrogens with zero attached hydrogens (tertiary/aromatic N) is 3. The molecule has 1 amide bonds. The number of ether oxygens (including phenoxy) is 1. The van der Waals surface area contributed by atoms with Gasteiger partial charge >= 0.3 is 0 Å². The van der Waals surface area contributed by atoms with E-state index in [1.54, 1.807) is 13.8 Å². The molecule has 0 radical (unpaired) electrons. The van der Waals surface area contributed by atoms with Gasteiger partial charge in [-0.3, -0.25) is 4.79 Å². The highest BCUT2D eigenvalue weighted by Crippen LogP contribution is 2.28. The topological polar surface area (TPSA) is 99.4 Å². The molecule has 0 bridgehead atoms. The van der Waals surface area contributed by atoms with E-state index in [0.29, 0.717) is 27.9 Å². The van der Waals surface area contributed by atoms with E-state index >= 15 is 0 Å². The first-order valence-electron chi connectivity index (χ1n) is 8.72. The number of nitrogens with one attached hydrogen (secondary N) is 1. The van der Waals surface area contributed by atoms with Gasteiger partial charge in [-0.25, -0.2) is 14.4 Å². The van der Waals surface area contributed by atoms with Crippen LogP contribution in [0.15, 0.2) is 18.2 Å². The molecule has 1 aromatic heterocycles. The first-order chi connectivity index (χ1) is 13.3. The van der Waals surface area contributed by atoms with E-state index in [1.165, 1.54) is 17.0 Å². The summed E-state index contributed by atoms with van der Waals surface area (Å²) in [6.45, 7) is 3.57. The summed E-state index contributed by atoms with van der Waals surface area (Å²) >= 11 is 6.12. The molecule has 28 heavy (non-hydrogen) atoms. The summed E-state index contributed by atoms with van der Waals surface area (Å²) in [5.41, 5.74) is 1.74. The molecule has 0 saturated carbocycles. The van der Waals surface area contributed by atoms with Gasteiger partial charge in [0.25, 0.3) is 5.91 Å². The number of carbonyl (C=O) groups excluding carboxylic acids is 1. The smallest absolute Gasteiger partial charge is 0.257 e. The summed E-state index contributed by atoms with van der Waals surface area (Å²) < 4.78 is 18.8. The molecule has 1 atom stereocenters. The summed E-state index contributed by atoms with van der Waals surface area (Å²) in [5, 5.41) is 17.7. The van der Waals surface area contributed by atoms with Crippen molar-refractivity contribution in [2.24, 2.45) is 0 Å². The molecule has 1 saturated heterocycles. The van der Waals surface area contributed by atoms with Crippen LogP contribution in [0.2, 0.25) is 5.02 Å². The Morgan fingerprint density at radius 3 is 2.71 bits per heavy atom. The first-order valence-corrected chi connectivity index (χ1v) is 9.10. The molecule has 2 aromatic rings. The number of halogens is 2. The monoisotopic (exact) mass is 406 g/mol. The number of benzene rings is 1. The van der Waals surface area contributed by atoms with Crippen molar-refractivity contribution < 1.29 is 19.0 Å². The average Bonchev–Trinajstić information content (AvgIpc) is 3.05. The molecule has 1 aromatic carbocycles. The molecule has 3 rings (SSSR count). The quantitative estimate of drug-likeness (QED) is 0.794. The number of aromatic nitrogens is 2. The van der Waals surface area contributed by atoms with Crippen LogP contribution in [0.25, 0.3) is 0 Å². The molecular weight excluding hydrogens is 387 g/mol. The number of hydrogen-bond donors (Lipinski definition) is 2. The molecular formula is C19H20ClFN4O3. The Balaban J connectivity index is 1.85. The Kier molecular flexibility index (Phi) is 5.90. The maximum absolute atomic E-state index is 13.5. The van der Waals surface area contributed by atoms with Crippen molar-refractivity contribution in [2.75, 3.05) is 26.3 Å². The van der Waals surface area contributed by atoms with Crippen molar-refractivity contribution >= 4 is 23.2 Å². The fourth-order valence-electron chi connectivity index (χ4n) is 3.11. The third-order valence-corrected chi connectivity index (χ3v) is 5.05. The van der Waals surface area contributed by atoms with Gasteiger partial charge in [-0.15, -0.1) is 0 Å². The molecule has 0 spiro atoms. The highest BCUT2D eigenvalue weighted by atomic mass is 35.5. The van der Waals surface area contributed by atoms with Gasteiger partial charge in [0.05, 0.1) is 41.0 Å². The van der Waals surface area contributed by atoms with E-state index in [1.807, 2.05) is 0 Å². The SMILES string of the molecule is Cc1nc(C2CN(C(=O)c3ccc(F)cc3OCCO)CC2=N)nc(C)c1Cl. The van der Waals surface area contributed by atoms with Crippen LogP contribution >= 0.6 is 11.6 Å². The zero-order valence-corrected chi connectivity index (χ0v) is 16.3. The van der Waals surface area contributed by atoms with Gasteiger partial charge in [0.15, 0.2) is 0 Å². The predicted octanol–water partition coefficient (Wildman–Crippen LogP) is 2.52. The van der Waals surface area contributed by atoms with Crippen LogP contribution in [0.1, 0.15) is 33.5 Å². The van der Waals surface area contributed by atoms with Crippen LogP contribution in [-0.4, -0.2) is 57.9 Å². The number of aliphatic hydroxyl groups excluding tert-OH is 1. The zero-order chi connectivity index (χ0) is 20.4. The number of likely N-dealkylation sites (tertiary alicyclic amines) is 1. The van der Waals surface area contributed by atoms with Gasteiger partial charge in [0.2, 0.25) is 0 Å². The summed E-state index contributed by atoms with van der Waals surface area (Å²) in [4.78, 5) is 23.2. The second-order valence-electron chi connectivity index (χ2n) is 6.54. The van der Waals surface area contributed by atoms with E-state index in [0.717, 1.165) is 6.07 Å². The van der Waals surface area contributed by atoms with Crippen LogP contribution in [0.3, 0.4) is 0 Å². The van der Waals surface area contributed by atoms with Gasteiger partial charge in [-0.2, -0.15) is 0 Å². The van der Waals surface area contributed by atoms with E-state index < -0.39 is 11.7 Å². The summed E-state index contributed by atoms with van der Waals surface area (Å²) in [5.74, 6) is -0.848. The second-order valence-corrected chi connectivity index (χ2v) is 6.92. The Hall–Kier alpha value is -2.58. The van der Waals surface area contributed by atoms with Crippen LogP contribution in [0.4, 0.5) is 4.39 Å². The molecule has 2 heterocycles. The number of carbonyl (C=O) groups is 1. The van der Waals surface area contributed by atoms with Crippen molar-refractivity contribution in [3.8, 4) is 5.75 Å². The fourth-order valence-corrected chi connectivity index (χ4v) is 3.19. The van der Waals surface area contributed by atoms with E-state index in [-0.39, 0.29) is 43.5 Å². The van der Waals surface area contributed by atoms with Gasteiger partial charge < -0.3 is 20.2 Å². The van der Waals surface area contributed by atoms with E-state index in [2.05, 4.69) is 9.97 Å². The van der Waals surface area contributed by atoms with Crippen LogP contribution < -0.4 is 4.74 Å². The lowest BCUT2D eigenvalue weighted by molar-refractivity contribution is 0.0789. The third-order valence-electron chi connectivity index (χ3n) is 4.51. The van der Waals surface area contributed by atoms with Crippen LogP contribution in [-0.2, 0) is 0 Å². The lowest BCUT2D eigenvalue weighted by atomic mass is 10.1. The number of rotatable bonds is 5. The standard InChI is InChI=1S/C19H20ClFN4O3/c1-10-17(20)11(2)24-18(23-10)14-8-25(9-15(14)22)19(27)13-4-3-12(21)7-16(13)28-6-5-26/h3-4,7,14,22,26H,5-6,8-9H2,1-2H3. The molecule has 1 aliphatic heterocycles. The van der Waals surface area contributed by atoms with Crippen molar-refractivity contribution in [1.82, 2.24) is 14.9 Å². The molecule has 1 aliphatic rings. The minimum atomic E-state index is -0.544. The Bertz CT molecular complexity index is 914. The molecule has 0 aliphatic carbocycles. The van der Waals surface area contributed by atoms with Crippen LogP contribution in [0.5, 0.6) is 5.75 Å². The van der Waals surface area contributed by atoms with Gasteiger partial charge in [-0.05, 0) is 26.0 Å². The van der Waals surface area contributed by atoms with Crippen molar-refractivity contribution in [2.45, 2.75) is 19.8 Å². The number of aryl methyl sites for hydroxylation is 2. The van der Waals surface area contributed by atoms with Crippen molar-refractivity contribution in [3.63, 3.8) is 0 Å². The van der Waals surface area contributed by atoms with Crippen LogP contribution in [0, 0.1) is 25.1 Å². The van der Waals surface area contributed by atoms with Gasteiger partial charge in [-0.1, -0.05) is 11.6 Å². The number of aliphatic hydroxyl groups is 1.